The third kappa shape index (κ3) is 11.9. The van der Waals surface area contributed by atoms with Crippen LogP contribution in [0, 0.1) is 0 Å². The SMILES string of the molecule is CN(C)C=C(C=[N+](C)C)[P+](c1ccccc1)(c1ccccc1)c1ccccc1.F[B-](F)(F)F.F[B-](F)(F)F. The van der Waals surface area contributed by atoms with Crippen molar-refractivity contribution < 1.29 is 39.1 Å². The van der Waals surface area contributed by atoms with Crippen molar-refractivity contribution in [2.75, 3.05) is 28.2 Å². The van der Waals surface area contributed by atoms with E-state index in [-0.39, 0.29) is 0 Å². The van der Waals surface area contributed by atoms with Crippen molar-refractivity contribution in [3.05, 3.63) is 103 Å². The minimum absolute atomic E-state index is 1.33. The fourth-order valence-corrected chi connectivity index (χ4v) is 8.04. The summed E-state index contributed by atoms with van der Waals surface area (Å²) in [6.07, 6.45) is 4.56. The maximum Gasteiger partial charge on any atom is 0.673 e. The van der Waals surface area contributed by atoms with E-state index in [2.05, 4.69) is 141 Å². The largest absolute Gasteiger partial charge is 0.673 e. The molecule has 13 heteroatoms. The maximum atomic E-state index is 9.75. The first kappa shape index (κ1) is 32.9. The van der Waals surface area contributed by atoms with E-state index in [1.807, 2.05) is 0 Å². The average Bonchev–Trinajstić information content (AvgIpc) is 2.79. The van der Waals surface area contributed by atoms with Gasteiger partial charge in [-0.25, -0.2) is 4.58 Å². The number of rotatable bonds is 6. The van der Waals surface area contributed by atoms with Gasteiger partial charge in [0, 0.05) is 20.3 Å². The van der Waals surface area contributed by atoms with E-state index in [0.717, 1.165) is 0 Å². The maximum absolute atomic E-state index is 9.75. The summed E-state index contributed by atoms with van der Waals surface area (Å²) < 4.78 is 80.2. The number of halogens is 8. The zero-order chi connectivity index (χ0) is 29.0. The van der Waals surface area contributed by atoms with Gasteiger partial charge in [-0.3, -0.25) is 0 Å². The van der Waals surface area contributed by atoms with Crippen molar-refractivity contribution in [3.63, 3.8) is 0 Å². The van der Waals surface area contributed by atoms with Gasteiger partial charge in [0.05, 0.1) is 0 Å². The summed E-state index contributed by atoms with van der Waals surface area (Å²) in [5.74, 6) is 0. The molecular weight excluding hydrogens is 533 g/mol. The van der Waals surface area contributed by atoms with Gasteiger partial charge in [-0.1, -0.05) is 54.6 Å². The molecule has 0 radical (unpaired) electrons. The van der Waals surface area contributed by atoms with Crippen molar-refractivity contribution in [2.45, 2.75) is 0 Å². The average molecular weight is 562 g/mol. The Kier molecular flexibility index (Phi) is 12.7. The number of nitrogens with zero attached hydrogens (tertiary/aromatic N) is 2. The summed E-state index contributed by atoms with van der Waals surface area (Å²) in [5.41, 5.74) is 0. The van der Waals surface area contributed by atoms with E-state index in [1.165, 1.54) is 21.2 Å². The summed E-state index contributed by atoms with van der Waals surface area (Å²) >= 11 is 0. The number of hydrogen-bond donors (Lipinski definition) is 0. The standard InChI is InChI=1S/C25H29N2P.2BF4/c1-26(2)20-25(21-27(3)4)28(22-14-8-5-9-15-22,23-16-10-6-11-17-23)24-18-12-7-13-19-24;2*2-1(3,4)5/h5-21H,1-4H3;;/q+2;2*-1. The molecule has 0 atom stereocenters. The van der Waals surface area contributed by atoms with Crippen LogP contribution in [0.5, 0.6) is 0 Å². The first-order valence-corrected chi connectivity index (χ1v) is 13.0. The molecule has 0 aromatic heterocycles. The van der Waals surface area contributed by atoms with Crippen molar-refractivity contribution in [1.82, 2.24) is 4.90 Å². The molecule has 2 nitrogen and oxygen atoms in total. The van der Waals surface area contributed by atoms with Gasteiger partial charge in [-0.15, -0.1) is 0 Å². The van der Waals surface area contributed by atoms with Gasteiger partial charge in [-0.05, 0) is 36.4 Å². The molecule has 0 spiro atoms. The van der Waals surface area contributed by atoms with Gasteiger partial charge in [0.1, 0.15) is 30.0 Å². The highest BCUT2D eigenvalue weighted by Crippen LogP contribution is 2.61. The Hall–Kier alpha value is -3.13. The van der Waals surface area contributed by atoms with E-state index in [4.69, 9.17) is 0 Å². The lowest BCUT2D eigenvalue weighted by Gasteiger charge is -2.27. The van der Waals surface area contributed by atoms with Crippen molar-refractivity contribution in [3.8, 4) is 0 Å². The zero-order valence-electron chi connectivity index (χ0n) is 21.3. The number of benzene rings is 3. The summed E-state index contributed by atoms with van der Waals surface area (Å²) in [5, 5.41) is 5.40. The van der Waals surface area contributed by atoms with Crippen LogP contribution in [0.3, 0.4) is 0 Å². The Labute approximate surface area is 218 Å². The highest BCUT2D eigenvalue weighted by molar-refractivity contribution is 7.99. The Balaban J connectivity index is 0.000000616. The van der Waals surface area contributed by atoms with Crippen LogP contribution in [0.25, 0.3) is 0 Å². The molecule has 0 N–H and O–H groups in total. The van der Waals surface area contributed by atoms with Gasteiger partial charge in [0.25, 0.3) is 0 Å². The summed E-state index contributed by atoms with van der Waals surface area (Å²) in [6.45, 7) is 0. The molecule has 38 heavy (non-hydrogen) atoms. The van der Waals surface area contributed by atoms with Crippen molar-refractivity contribution in [2.24, 2.45) is 0 Å². The van der Waals surface area contributed by atoms with Gasteiger partial charge in [0.2, 0.25) is 6.21 Å². The predicted molar refractivity (Wildman–Crippen MR) is 145 cm³/mol. The van der Waals surface area contributed by atoms with Crippen LogP contribution in [-0.2, 0) is 0 Å². The fourth-order valence-electron chi connectivity index (χ4n) is 3.58. The minimum Gasteiger partial charge on any atom is -0.418 e. The lowest BCUT2D eigenvalue weighted by atomic mass is 10.3. The molecule has 0 aliphatic carbocycles. The molecule has 0 unspecified atom stereocenters. The molecule has 0 bridgehead atoms. The van der Waals surface area contributed by atoms with E-state index < -0.39 is 21.8 Å². The Morgan fingerprint density at radius 3 is 1.08 bits per heavy atom. The molecular formula is C25H29B2F8N2P. The fraction of sp³-hybridized carbons (Fsp3) is 0.160. The Morgan fingerprint density at radius 2 is 0.868 bits per heavy atom. The molecule has 0 amide bonds. The topological polar surface area (TPSA) is 6.25 Å². The van der Waals surface area contributed by atoms with Crippen LogP contribution < -0.4 is 15.9 Å². The molecule has 0 aliphatic heterocycles. The normalized spacial score (nSPS) is 11.8. The van der Waals surface area contributed by atoms with E-state index in [0.29, 0.717) is 0 Å². The zero-order valence-corrected chi connectivity index (χ0v) is 22.2. The Morgan fingerprint density at radius 1 is 0.605 bits per heavy atom. The lowest BCUT2D eigenvalue weighted by Crippen LogP contribution is -2.34. The molecule has 3 aromatic rings. The lowest BCUT2D eigenvalue weighted by molar-refractivity contribution is -0.458. The summed E-state index contributed by atoms with van der Waals surface area (Å²) in [6, 6.07) is 32.9. The monoisotopic (exact) mass is 562 g/mol. The second-order valence-corrected chi connectivity index (χ2v) is 11.7. The summed E-state index contributed by atoms with van der Waals surface area (Å²) in [4.78, 5) is 2.15. The smallest absolute Gasteiger partial charge is 0.418 e. The van der Waals surface area contributed by atoms with Crippen LogP contribution in [0.15, 0.2) is 103 Å². The van der Waals surface area contributed by atoms with Gasteiger partial charge < -0.3 is 39.4 Å². The van der Waals surface area contributed by atoms with E-state index in [9.17, 15) is 34.5 Å². The van der Waals surface area contributed by atoms with Gasteiger partial charge in [-0.2, -0.15) is 0 Å². The number of allylic oxidation sites excluding steroid dienone is 1. The van der Waals surface area contributed by atoms with Gasteiger partial charge in [0.15, 0.2) is 12.6 Å². The van der Waals surface area contributed by atoms with Gasteiger partial charge >= 0.3 is 14.5 Å². The highest BCUT2D eigenvalue weighted by Gasteiger charge is 2.50. The predicted octanol–water partition coefficient (Wildman–Crippen LogP) is 6.33. The van der Waals surface area contributed by atoms with Crippen LogP contribution in [-0.4, -0.2) is 58.4 Å². The quantitative estimate of drug-likeness (QED) is 0.112. The summed E-state index contributed by atoms with van der Waals surface area (Å²) in [7, 11) is -5.66. The van der Waals surface area contributed by atoms with Crippen LogP contribution >= 0.6 is 7.26 Å². The molecule has 0 saturated carbocycles. The highest BCUT2D eigenvalue weighted by atomic mass is 31.2. The number of hydrogen-bond acceptors (Lipinski definition) is 1. The van der Waals surface area contributed by atoms with Crippen LogP contribution in [0.1, 0.15) is 0 Å². The molecule has 0 aliphatic rings. The molecule has 0 saturated heterocycles. The minimum atomic E-state index is -6.00. The molecule has 0 fully saturated rings. The third-order valence-corrected chi connectivity index (χ3v) is 8.82. The second kappa shape index (κ2) is 14.7. The molecule has 3 aromatic carbocycles. The first-order valence-electron chi connectivity index (χ1n) is 11.3. The van der Waals surface area contributed by atoms with Crippen molar-refractivity contribution >= 4 is 43.9 Å². The van der Waals surface area contributed by atoms with Crippen LogP contribution in [0.4, 0.5) is 34.5 Å². The second-order valence-electron chi connectivity index (χ2n) is 8.28. The molecule has 3 rings (SSSR count). The van der Waals surface area contributed by atoms with E-state index in [1.54, 1.807) is 0 Å². The van der Waals surface area contributed by atoms with Crippen molar-refractivity contribution in [1.29, 1.82) is 0 Å². The first-order chi connectivity index (χ1) is 17.5. The third-order valence-electron chi connectivity index (χ3n) is 4.60. The molecule has 0 heterocycles. The van der Waals surface area contributed by atoms with E-state index >= 15 is 0 Å². The van der Waals surface area contributed by atoms with Crippen LogP contribution in [0.2, 0.25) is 0 Å². The Bertz CT molecular complexity index is 1030. The molecule has 206 valence electrons.